The number of furan rings is 1. The molecule has 8 nitrogen and oxygen atoms in total. The lowest BCUT2D eigenvalue weighted by Gasteiger charge is -2.10. The van der Waals surface area contributed by atoms with Crippen LogP contribution in [-0.2, 0) is 17.9 Å². The van der Waals surface area contributed by atoms with Crippen molar-refractivity contribution in [2.24, 2.45) is 0 Å². The summed E-state index contributed by atoms with van der Waals surface area (Å²) in [6.07, 6.45) is 0. The smallest absolute Gasteiger partial charge is 0.338 e. The number of ether oxygens (including phenoxy) is 2. The van der Waals surface area contributed by atoms with E-state index in [2.05, 4.69) is 10.4 Å². The van der Waals surface area contributed by atoms with E-state index in [1.807, 2.05) is 58.0 Å². The molecule has 2 heterocycles. The Morgan fingerprint density at radius 2 is 1.69 bits per heavy atom. The van der Waals surface area contributed by atoms with E-state index in [1.54, 1.807) is 28.9 Å². The quantitative estimate of drug-likeness (QED) is 0.336. The van der Waals surface area contributed by atoms with Crippen LogP contribution in [0.5, 0.6) is 5.75 Å². The van der Waals surface area contributed by atoms with Crippen LogP contribution in [0.4, 0.5) is 5.69 Å². The summed E-state index contributed by atoms with van der Waals surface area (Å²) >= 11 is 0. The minimum Gasteiger partial charge on any atom is -0.485 e. The van der Waals surface area contributed by atoms with Crippen LogP contribution in [0.1, 0.15) is 54.8 Å². The highest BCUT2D eigenvalue weighted by Gasteiger charge is 2.19. The van der Waals surface area contributed by atoms with Gasteiger partial charge in [0.15, 0.2) is 5.76 Å². The van der Waals surface area contributed by atoms with Gasteiger partial charge in [0, 0.05) is 0 Å². The van der Waals surface area contributed by atoms with Crippen molar-refractivity contribution >= 4 is 17.6 Å². The van der Waals surface area contributed by atoms with E-state index >= 15 is 0 Å². The second-order valence-electron chi connectivity index (χ2n) is 8.58. The molecule has 0 aliphatic carbocycles. The number of carbonyl (C=O) groups excluding carboxylic acids is 2. The molecule has 0 atom stereocenters. The lowest BCUT2D eigenvalue weighted by Crippen LogP contribution is -2.13. The minimum atomic E-state index is -0.407. The predicted octanol–water partition coefficient (Wildman–Crippen LogP) is 5.38. The van der Waals surface area contributed by atoms with E-state index in [0.717, 1.165) is 28.1 Å². The summed E-state index contributed by atoms with van der Waals surface area (Å²) in [6.45, 7) is 8.23. The average molecular weight is 488 g/mol. The SMILES string of the molecule is COC(=O)c1ccccc1Cn1nc(C)c(NC(=O)c2ccc(COc3c(C)cccc3C)o2)c1C. The van der Waals surface area contributed by atoms with Gasteiger partial charge in [-0.1, -0.05) is 36.4 Å². The van der Waals surface area contributed by atoms with Crippen molar-refractivity contribution in [1.82, 2.24) is 9.78 Å². The van der Waals surface area contributed by atoms with Gasteiger partial charge in [0.1, 0.15) is 18.1 Å². The molecular formula is C28H29N3O5. The number of hydrogen-bond acceptors (Lipinski definition) is 6. The lowest BCUT2D eigenvalue weighted by molar-refractivity contribution is 0.0599. The van der Waals surface area contributed by atoms with Crippen LogP contribution in [0, 0.1) is 27.7 Å². The van der Waals surface area contributed by atoms with Crippen molar-refractivity contribution < 1.29 is 23.5 Å². The van der Waals surface area contributed by atoms with Gasteiger partial charge in [0.2, 0.25) is 0 Å². The Hall–Kier alpha value is -4.33. The fourth-order valence-electron chi connectivity index (χ4n) is 4.08. The predicted molar refractivity (Wildman–Crippen MR) is 135 cm³/mol. The van der Waals surface area contributed by atoms with Crippen LogP contribution in [0.15, 0.2) is 59.0 Å². The van der Waals surface area contributed by atoms with E-state index in [1.165, 1.54) is 7.11 Å². The van der Waals surface area contributed by atoms with Crippen LogP contribution in [0.3, 0.4) is 0 Å². The van der Waals surface area contributed by atoms with Gasteiger partial charge in [0.05, 0.1) is 36.3 Å². The molecule has 0 aliphatic rings. The molecule has 0 fully saturated rings. The maximum absolute atomic E-state index is 12.9. The average Bonchev–Trinajstić information content (AvgIpc) is 3.44. The Morgan fingerprint density at radius 3 is 2.42 bits per heavy atom. The highest BCUT2D eigenvalue weighted by Crippen LogP contribution is 2.25. The first-order valence-corrected chi connectivity index (χ1v) is 11.6. The maximum atomic E-state index is 12.9. The second-order valence-corrected chi connectivity index (χ2v) is 8.58. The van der Waals surface area contributed by atoms with Crippen molar-refractivity contribution in [1.29, 1.82) is 0 Å². The van der Waals surface area contributed by atoms with E-state index < -0.39 is 5.97 Å². The van der Waals surface area contributed by atoms with Crippen molar-refractivity contribution in [3.63, 3.8) is 0 Å². The van der Waals surface area contributed by atoms with Crippen molar-refractivity contribution in [3.05, 3.63) is 99.8 Å². The van der Waals surface area contributed by atoms with Gasteiger partial charge in [-0.2, -0.15) is 5.10 Å². The molecule has 0 radical (unpaired) electrons. The number of aromatic nitrogens is 2. The van der Waals surface area contributed by atoms with Gasteiger partial charge >= 0.3 is 5.97 Å². The zero-order valence-corrected chi connectivity index (χ0v) is 21.0. The summed E-state index contributed by atoms with van der Waals surface area (Å²) in [5.41, 5.74) is 5.33. The molecule has 0 spiro atoms. The van der Waals surface area contributed by atoms with Crippen LogP contribution in [-0.4, -0.2) is 28.8 Å². The molecule has 0 saturated heterocycles. The zero-order valence-electron chi connectivity index (χ0n) is 21.0. The number of anilines is 1. The summed E-state index contributed by atoms with van der Waals surface area (Å²) in [6, 6.07) is 16.5. The molecular weight excluding hydrogens is 458 g/mol. The van der Waals surface area contributed by atoms with Crippen molar-refractivity contribution in [2.75, 3.05) is 12.4 Å². The number of nitrogens with one attached hydrogen (secondary N) is 1. The zero-order chi connectivity index (χ0) is 25.8. The number of rotatable bonds is 8. The maximum Gasteiger partial charge on any atom is 0.338 e. The van der Waals surface area contributed by atoms with E-state index in [9.17, 15) is 9.59 Å². The molecule has 0 bridgehead atoms. The minimum absolute atomic E-state index is 0.178. The highest BCUT2D eigenvalue weighted by atomic mass is 16.5. The molecule has 4 rings (SSSR count). The Labute approximate surface area is 209 Å². The molecule has 0 unspecified atom stereocenters. The molecule has 2 aromatic heterocycles. The Kier molecular flexibility index (Phi) is 7.24. The normalized spacial score (nSPS) is 10.8. The van der Waals surface area contributed by atoms with Gasteiger partial charge in [-0.05, 0) is 62.6 Å². The molecule has 2 aromatic carbocycles. The third-order valence-electron chi connectivity index (χ3n) is 6.02. The van der Waals surface area contributed by atoms with Gasteiger partial charge in [0.25, 0.3) is 5.91 Å². The Bertz CT molecular complexity index is 1400. The summed E-state index contributed by atoms with van der Waals surface area (Å²) < 4.78 is 18.3. The van der Waals surface area contributed by atoms with Crippen LogP contribution in [0.25, 0.3) is 0 Å². The summed E-state index contributed by atoms with van der Waals surface area (Å²) in [5.74, 6) is 0.751. The molecule has 0 saturated carbocycles. The fourth-order valence-corrected chi connectivity index (χ4v) is 4.08. The number of benzene rings is 2. The van der Waals surface area contributed by atoms with E-state index in [-0.39, 0.29) is 18.3 Å². The van der Waals surface area contributed by atoms with Crippen LogP contribution < -0.4 is 10.1 Å². The van der Waals surface area contributed by atoms with Gasteiger partial charge in [-0.3, -0.25) is 9.48 Å². The fraction of sp³-hybridized carbons (Fsp3) is 0.250. The number of nitrogens with zero attached hydrogens (tertiary/aromatic N) is 2. The van der Waals surface area contributed by atoms with Crippen LogP contribution in [0.2, 0.25) is 0 Å². The first kappa shape index (κ1) is 24.8. The Morgan fingerprint density at radius 1 is 0.972 bits per heavy atom. The molecule has 36 heavy (non-hydrogen) atoms. The number of amides is 1. The van der Waals surface area contributed by atoms with Crippen molar-refractivity contribution in [3.8, 4) is 5.75 Å². The first-order valence-electron chi connectivity index (χ1n) is 11.6. The third-order valence-corrected chi connectivity index (χ3v) is 6.02. The largest absolute Gasteiger partial charge is 0.485 e. The number of carbonyl (C=O) groups is 2. The molecule has 1 N–H and O–H groups in total. The third kappa shape index (κ3) is 5.17. The topological polar surface area (TPSA) is 95.6 Å². The Balaban J connectivity index is 1.46. The molecule has 8 heteroatoms. The van der Waals surface area contributed by atoms with Gasteiger partial charge in [-0.15, -0.1) is 0 Å². The number of esters is 1. The number of hydrogen-bond donors (Lipinski definition) is 1. The summed E-state index contributed by atoms with van der Waals surface area (Å²) in [7, 11) is 1.35. The highest BCUT2D eigenvalue weighted by molar-refractivity contribution is 6.03. The van der Waals surface area contributed by atoms with E-state index in [0.29, 0.717) is 29.2 Å². The van der Waals surface area contributed by atoms with Crippen molar-refractivity contribution in [2.45, 2.75) is 40.8 Å². The summed E-state index contributed by atoms with van der Waals surface area (Å²) in [4.78, 5) is 25.0. The number of para-hydroxylation sites is 1. The van der Waals surface area contributed by atoms with E-state index in [4.69, 9.17) is 13.9 Å². The standard InChI is InChI=1S/C28H29N3O5/c1-17-9-8-10-18(2)26(17)35-16-22-13-14-24(36-22)27(32)29-25-19(3)30-31(20(25)4)15-21-11-6-7-12-23(21)28(33)34-5/h6-14H,15-16H2,1-5H3,(H,29,32). The second kappa shape index (κ2) is 10.5. The van der Waals surface area contributed by atoms with Gasteiger partial charge < -0.3 is 19.2 Å². The summed E-state index contributed by atoms with van der Waals surface area (Å²) in [5, 5.41) is 7.47. The number of aryl methyl sites for hydroxylation is 3. The molecule has 0 aliphatic heterocycles. The molecule has 4 aromatic rings. The first-order chi connectivity index (χ1) is 17.3. The number of methoxy groups -OCH3 is 1. The molecule has 1 amide bonds. The molecule has 186 valence electrons. The van der Waals surface area contributed by atoms with Crippen LogP contribution >= 0.6 is 0 Å². The monoisotopic (exact) mass is 487 g/mol. The van der Waals surface area contributed by atoms with Gasteiger partial charge in [-0.25, -0.2) is 4.79 Å². The lowest BCUT2D eigenvalue weighted by atomic mass is 10.1.